The van der Waals surface area contributed by atoms with Gasteiger partial charge in [0, 0.05) is 11.8 Å². The number of fused-ring (bicyclic) bond motifs is 2. The number of carbonyl (C=O) groups is 1. The monoisotopic (exact) mass is 521 g/mol. The van der Waals surface area contributed by atoms with E-state index in [1.54, 1.807) is 18.2 Å². The van der Waals surface area contributed by atoms with Crippen LogP contribution in [0.5, 0.6) is 17.2 Å². The summed E-state index contributed by atoms with van der Waals surface area (Å²) in [4.78, 5) is 25.9. The van der Waals surface area contributed by atoms with E-state index in [1.165, 1.54) is 6.26 Å². The SMILES string of the molecule is CC(C)c1cccc(C(C)C)c1NC(=O)COc1ccc2c(=O)c(Oc3ccc4ccccc4c3)coc2c1. The lowest BCUT2D eigenvalue weighted by Crippen LogP contribution is -2.22. The molecule has 0 saturated heterocycles. The summed E-state index contributed by atoms with van der Waals surface area (Å²) in [5, 5.41) is 5.50. The highest BCUT2D eigenvalue weighted by molar-refractivity contribution is 5.94. The highest BCUT2D eigenvalue weighted by atomic mass is 16.5. The van der Waals surface area contributed by atoms with E-state index < -0.39 is 0 Å². The van der Waals surface area contributed by atoms with E-state index in [1.807, 2.05) is 60.7 Å². The van der Waals surface area contributed by atoms with Gasteiger partial charge in [0.1, 0.15) is 23.3 Å². The Morgan fingerprint density at radius 2 is 1.51 bits per heavy atom. The van der Waals surface area contributed by atoms with E-state index in [9.17, 15) is 9.59 Å². The minimum atomic E-state index is -0.291. The quantitative estimate of drug-likeness (QED) is 0.224. The Morgan fingerprint density at radius 3 is 2.23 bits per heavy atom. The van der Waals surface area contributed by atoms with Gasteiger partial charge in [0.25, 0.3) is 5.91 Å². The molecule has 0 aliphatic rings. The van der Waals surface area contributed by atoms with Crippen LogP contribution in [0.1, 0.15) is 50.7 Å². The van der Waals surface area contributed by atoms with Gasteiger partial charge in [0.2, 0.25) is 11.2 Å². The van der Waals surface area contributed by atoms with Crippen molar-refractivity contribution in [2.75, 3.05) is 11.9 Å². The molecule has 0 fully saturated rings. The number of para-hydroxylation sites is 1. The van der Waals surface area contributed by atoms with Crippen molar-refractivity contribution in [1.29, 1.82) is 0 Å². The average Bonchev–Trinajstić information content (AvgIpc) is 2.93. The smallest absolute Gasteiger partial charge is 0.262 e. The van der Waals surface area contributed by atoms with E-state index in [4.69, 9.17) is 13.9 Å². The van der Waals surface area contributed by atoms with Crippen LogP contribution >= 0.6 is 0 Å². The number of nitrogens with one attached hydrogen (secondary N) is 1. The second kappa shape index (κ2) is 11.0. The first kappa shape index (κ1) is 26.0. The Morgan fingerprint density at radius 1 is 0.821 bits per heavy atom. The Hall–Kier alpha value is -4.58. The van der Waals surface area contributed by atoms with Crippen LogP contribution in [0.2, 0.25) is 0 Å². The van der Waals surface area contributed by atoms with Crippen molar-refractivity contribution in [3.05, 3.63) is 106 Å². The molecule has 0 radical (unpaired) electrons. The molecule has 0 saturated carbocycles. The van der Waals surface area contributed by atoms with Gasteiger partial charge in [-0.1, -0.05) is 76.2 Å². The van der Waals surface area contributed by atoms with Crippen molar-refractivity contribution in [2.24, 2.45) is 0 Å². The van der Waals surface area contributed by atoms with Crippen molar-refractivity contribution in [2.45, 2.75) is 39.5 Å². The maximum Gasteiger partial charge on any atom is 0.262 e. The summed E-state index contributed by atoms with van der Waals surface area (Å²) in [6, 6.07) is 24.5. The molecule has 1 N–H and O–H groups in total. The Kier molecular flexibility index (Phi) is 7.37. The number of carbonyl (C=O) groups excluding carboxylic acids is 1. The maximum absolute atomic E-state index is 13.1. The molecule has 39 heavy (non-hydrogen) atoms. The number of ether oxygens (including phenoxy) is 2. The van der Waals surface area contributed by atoms with Crippen LogP contribution < -0.4 is 20.2 Å². The lowest BCUT2D eigenvalue weighted by molar-refractivity contribution is -0.118. The van der Waals surface area contributed by atoms with E-state index in [2.05, 4.69) is 33.0 Å². The molecule has 6 heteroatoms. The highest BCUT2D eigenvalue weighted by Crippen LogP contribution is 2.32. The van der Waals surface area contributed by atoms with Gasteiger partial charge < -0.3 is 19.2 Å². The van der Waals surface area contributed by atoms with Crippen LogP contribution in [0.4, 0.5) is 5.69 Å². The second-order valence-electron chi connectivity index (χ2n) is 10.2. The predicted octanol–water partition coefficient (Wildman–Crippen LogP) is 8.00. The molecule has 1 aromatic heterocycles. The third-order valence-electron chi connectivity index (χ3n) is 6.67. The van der Waals surface area contributed by atoms with Crippen LogP contribution in [-0.4, -0.2) is 12.5 Å². The molecule has 5 aromatic rings. The summed E-state index contributed by atoms with van der Waals surface area (Å²) < 4.78 is 17.3. The van der Waals surface area contributed by atoms with Crippen LogP contribution in [-0.2, 0) is 4.79 Å². The summed E-state index contributed by atoms with van der Waals surface area (Å²) >= 11 is 0. The Balaban J connectivity index is 1.30. The van der Waals surface area contributed by atoms with Crippen LogP contribution in [0.3, 0.4) is 0 Å². The van der Waals surface area contributed by atoms with Crippen LogP contribution in [0.25, 0.3) is 21.7 Å². The van der Waals surface area contributed by atoms with E-state index in [0.29, 0.717) is 22.5 Å². The summed E-state index contributed by atoms with van der Waals surface area (Å²) in [6.45, 7) is 8.24. The zero-order valence-corrected chi connectivity index (χ0v) is 22.5. The molecule has 5 rings (SSSR count). The van der Waals surface area contributed by atoms with Gasteiger partial charge in [0.15, 0.2) is 6.61 Å². The molecule has 1 heterocycles. The molecular formula is C33H31NO5. The second-order valence-corrected chi connectivity index (χ2v) is 10.2. The van der Waals surface area contributed by atoms with Crippen molar-refractivity contribution in [3.8, 4) is 17.2 Å². The molecule has 0 aliphatic carbocycles. The minimum absolute atomic E-state index is 0.0931. The molecule has 1 amide bonds. The minimum Gasteiger partial charge on any atom is -0.484 e. The highest BCUT2D eigenvalue weighted by Gasteiger charge is 2.17. The van der Waals surface area contributed by atoms with Crippen LogP contribution in [0, 0.1) is 0 Å². The topological polar surface area (TPSA) is 77.8 Å². The van der Waals surface area contributed by atoms with E-state index in [-0.39, 0.29) is 35.5 Å². The van der Waals surface area contributed by atoms with Gasteiger partial charge in [-0.15, -0.1) is 0 Å². The largest absolute Gasteiger partial charge is 0.484 e. The van der Waals surface area contributed by atoms with Gasteiger partial charge in [0.05, 0.1) is 5.39 Å². The number of benzene rings is 4. The fourth-order valence-corrected chi connectivity index (χ4v) is 4.63. The van der Waals surface area contributed by atoms with Crippen molar-refractivity contribution in [3.63, 3.8) is 0 Å². The number of hydrogen-bond acceptors (Lipinski definition) is 5. The number of anilines is 1. The first-order valence-corrected chi connectivity index (χ1v) is 13.1. The third kappa shape index (κ3) is 5.65. The fourth-order valence-electron chi connectivity index (χ4n) is 4.63. The molecule has 0 atom stereocenters. The van der Waals surface area contributed by atoms with Gasteiger partial charge in [-0.3, -0.25) is 9.59 Å². The number of rotatable bonds is 8. The standard InChI is InChI=1S/C33H31NO5/c1-20(2)26-10-7-11-27(21(3)4)32(26)34-31(35)19-37-24-14-15-28-29(17-24)38-18-30(33(28)36)39-25-13-12-22-8-5-6-9-23(22)16-25/h5-18,20-21H,19H2,1-4H3,(H,34,35). The van der Waals surface area contributed by atoms with Crippen molar-refractivity contribution < 1.29 is 18.7 Å². The Labute approximate surface area is 227 Å². The molecule has 198 valence electrons. The number of hydrogen-bond donors (Lipinski definition) is 1. The zero-order chi connectivity index (χ0) is 27.5. The summed E-state index contributed by atoms with van der Waals surface area (Å²) in [7, 11) is 0. The van der Waals surface area contributed by atoms with Gasteiger partial charge in [-0.05, 0) is 58.0 Å². The van der Waals surface area contributed by atoms with Gasteiger partial charge in [-0.25, -0.2) is 0 Å². The summed E-state index contributed by atoms with van der Waals surface area (Å²) in [6.07, 6.45) is 1.30. The Bertz CT molecular complexity index is 1690. The first-order chi connectivity index (χ1) is 18.8. The van der Waals surface area contributed by atoms with Crippen molar-refractivity contribution >= 4 is 33.3 Å². The average molecular weight is 522 g/mol. The van der Waals surface area contributed by atoms with E-state index in [0.717, 1.165) is 27.6 Å². The zero-order valence-electron chi connectivity index (χ0n) is 22.5. The lowest BCUT2D eigenvalue weighted by Gasteiger charge is -2.20. The van der Waals surface area contributed by atoms with Crippen LogP contribution in [0.15, 0.2) is 94.3 Å². The lowest BCUT2D eigenvalue weighted by atomic mass is 9.92. The molecule has 0 aliphatic heterocycles. The van der Waals surface area contributed by atoms with Gasteiger partial charge in [-0.2, -0.15) is 0 Å². The van der Waals surface area contributed by atoms with Crippen molar-refractivity contribution in [1.82, 2.24) is 0 Å². The normalized spacial score (nSPS) is 11.3. The predicted molar refractivity (Wildman–Crippen MR) is 155 cm³/mol. The number of amides is 1. The third-order valence-corrected chi connectivity index (χ3v) is 6.67. The fraction of sp³-hybridized carbons (Fsp3) is 0.212. The molecular weight excluding hydrogens is 490 g/mol. The van der Waals surface area contributed by atoms with Gasteiger partial charge >= 0.3 is 0 Å². The molecule has 0 bridgehead atoms. The molecule has 6 nitrogen and oxygen atoms in total. The molecule has 0 unspecified atom stereocenters. The first-order valence-electron chi connectivity index (χ1n) is 13.1. The molecule has 0 spiro atoms. The van der Waals surface area contributed by atoms with E-state index >= 15 is 0 Å². The maximum atomic E-state index is 13.1. The summed E-state index contributed by atoms with van der Waals surface area (Å²) in [5.74, 6) is 1.33. The summed E-state index contributed by atoms with van der Waals surface area (Å²) in [5.41, 5.74) is 3.07. The molecule has 4 aromatic carbocycles.